The first-order valence-corrected chi connectivity index (χ1v) is 15.8. The zero-order chi connectivity index (χ0) is 30.7. The van der Waals surface area contributed by atoms with Gasteiger partial charge in [-0.15, -0.1) is 0 Å². The monoisotopic (exact) mass is 590 g/mol. The first kappa shape index (κ1) is 29.8. The summed E-state index contributed by atoms with van der Waals surface area (Å²) in [6, 6.07) is 14.7. The van der Waals surface area contributed by atoms with Crippen LogP contribution in [0.4, 0.5) is 0 Å². The number of piperidine rings is 1. The standard InChI is InChI=1S/C37H42N4O3/c1-37(2,3)31-10-7-26(8-11-31)24-41-25-30(23-38-41)36(43)39-32-12-14-35(42)34(22-32)29-19-27-9-13-33(21-28(27)20-29)44-18-17-40-15-5-4-6-16-40/h7-13,20-23,25H,4-6,14-19,24H2,1-3H3,(H,39,43). The highest BCUT2D eigenvalue weighted by Gasteiger charge is 2.24. The van der Waals surface area contributed by atoms with Crippen molar-refractivity contribution < 1.29 is 14.3 Å². The molecule has 0 unspecified atom stereocenters. The van der Waals surface area contributed by atoms with E-state index in [2.05, 4.69) is 78.6 Å². The molecule has 1 N–H and O–H groups in total. The molecule has 1 saturated heterocycles. The van der Waals surface area contributed by atoms with E-state index in [0.29, 0.717) is 36.4 Å². The number of amides is 1. The number of likely N-dealkylation sites (tertiary alicyclic amines) is 1. The fraction of sp³-hybridized carbons (Fsp3) is 0.378. The van der Waals surface area contributed by atoms with E-state index in [1.54, 1.807) is 29.2 Å². The van der Waals surface area contributed by atoms with Crippen LogP contribution >= 0.6 is 0 Å². The van der Waals surface area contributed by atoms with Crippen LogP contribution in [0.25, 0.3) is 6.08 Å². The summed E-state index contributed by atoms with van der Waals surface area (Å²) in [6.07, 6.45) is 13.8. The van der Waals surface area contributed by atoms with Gasteiger partial charge in [0, 0.05) is 30.4 Å². The maximum Gasteiger partial charge on any atom is 0.258 e. The van der Waals surface area contributed by atoms with Crippen LogP contribution in [0.15, 0.2) is 83.9 Å². The minimum absolute atomic E-state index is 0.0605. The smallest absolute Gasteiger partial charge is 0.258 e. The van der Waals surface area contributed by atoms with E-state index in [4.69, 9.17) is 4.74 Å². The second-order valence-corrected chi connectivity index (χ2v) is 13.1. The van der Waals surface area contributed by atoms with Crippen molar-refractivity contribution in [1.82, 2.24) is 20.0 Å². The maximum absolute atomic E-state index is 13.1. The van der Waals surface area contributed by atoms with Crippen LogP contribution in [0.3, 0.4) is 0 Å². The van der Waals surface area contributed by atoms with E-state index < -0.39 is 0 Å². The Labute approximate surface area is 260 Å². The lowest BCUT2D eigenvalue weighted by Gasteiger charge is -2.26. The van der Waals surface area contributed by atoms with Crippen molar-refractivity contribution in [1.29, 1.82) is 0 Å². The van der Waals surface area contributed by atoms with Gasteiger partial charge in [0.05, 0.1) is 18.3 Å². The number of ketones is 1. The number of aromatic nitrogens is 2. The average molecular weight is 591 g/mol. The first-order chi connectivity index (χ1) is 21.2. The third-order valence-corrected chi connectivity index (χ3v) is 8.72. The second kappa shape index (κ2) is 12.8. The molecular formula is C37H42N4O3. The topological polar surface area (TPSA) is 76.5 Å². The van der Waals surface area contributed by atoms with Crippen molar-refractivity contribution in [2.45, 2.75) is 64.8 Å². The molecule has 2 heterocycles. The number of hydrogen-bond acceptors (Lipinski definition) is 5. The van der Waals surface area contributed by atoms with Crippen LogP contribution in [-0.4, -0.2) is 52.6 Å². The molecule has 6 rings (SSSR count). The Balaban J connectivity index is 1.06. The van der Waals surface area contributed by atoms with Crippen LogP contribution < -0.4 is 10.1 Å². The van der Waals surface area contributed by atoms with Gasteiger partial charge in [-0.2, -0.15) is 5.10 Å². The lowest BCUT2D eigenvalue weighted by Crippen LogP contribution is -2.33. The summed E-state index contributed by atoms with van der Waals surface area (Å²) in [5.41, 5.74) is 7.51. The zero-order valence-electron chi connectivity index (χ0n) is 26.1. The van der Waals surface area contributed by atoms with E-state index in [0.717, 1.165) is 42.1 Å². The molecule has 7 nitrogen and oxygen atoms in total. The molecule has 0 atom stereocenters. The van der Waals surface area contributed by atoms with Crippen LogP contribution in [0.1, 0.15) is 79.1 Å². The van der Waals surface area contributed by atoms with Crippen LogP contribution in [0.5, 0.6) is 5.75 Å². The molecule has 3 aromatic rings. The van der Waals surface area contributed by atoms with Gasteiger partial charge < -0.3 is 10.1 Å². The molecule has 2 aliphatic carbocycles. The van der Waals surface area contributed by atoms with Gasteiger partial charge in [0.25, 0.3) is 5.91 Å². The fourth-order valence-electron chi connectivity index (χ4n) is 6.08. The number of hydrogen-bond donors (Lipinski definition) is 1. The third-order valence-electron chi connectivity index (χ3n) is 8.72. The average Bonchev–Trinajstić information content (AvgIpc) is 3.66. The number of ether oxygens (including phenoxy) is 1. The zero-order valence-corrected chi connectivity index (χ0v) is 26.1. The molecule has 1 fully saturated rings. The first-order valence-electron chi connectivity index (χ1n) is 15.8. The molecule has 0 bridgehead atoms. The Hall–Kier alpha value is -4.23. The van der Waals surface area contributed by atoms with Crippen molar-refractivity contribution in [3.63, 3.8) is 0 Å². The third kappa shape index (κ3) is 7.11. The number of nitrogens with one attached hydrogen (secondary N) is 1. The number of rotatable bonds is 9. The van der Waals surface area contributed by atoms with E-state index in [1.807, 2.05) is 6.07 Å². The molecule has 228 valence electrons. The van der Waals surface area contributed by atoms with E-state index in [-0.39, 0.29) is 23.5 Å². The number of carbonyl (C=O) groups excluding carboxylic acids is 2. The van der Waals surface area contributed by atoms with E-state index >= 15 is 0 Å². The molecule has 0 radical (unpaired) electrons. The summed E-state index contributed by atoms with van der Waals surface area (Å²) in [6.45, 7) is 11.1. The Morgan fingerprint density at radius 2 is 1.82 bits per heavy atom. The lowest BCUT2D eigenvalue weighted by atomic mass is 9.87. The molecule has 3 aliphatic rings. The molecule has 0 saturated carbocycles. The molecule has 2 aromatic carbocycles. The van der Waals surface area contributed by atoms with Gasteiger partial charge in [0.1, 0.15) is 12.4 Å². The van der Waals surface area contributed by atoms with Gasteiger partial charge in [-0.25, -0.2) is 0 Å². The largest absolute Gasteiger partial charge is 0.492 e. The highest BCUT2D eigenvalue weighted by molar-refractivity contribution is 6.04. The van der Waals surface area contributed by atoms with Crippen molar-refractivity contribution in [3.8, 4) is 5.75 Å². The van der Waals surface area contributed by atoms with E-state index in [1.165, 1.54) is 30.4 Å². The number of Topliss-reactive ketones (excluding diaryl/α,β-unsaturated/α-hetero) is 1. The van der Waals surface area contributed by atoms with Crippen LogP contribution in [0.2, 0.25) is 0 Å². The molecule has 0 spiro atoms. The number of carbonyl (C=O) groups is 2. The SMILES string of the molecule is CC(C)(C)c1ccc(Cn2cc(C(=O)NC3=CCC(=O)C(C4=Cc5cc(OCCN6CCCCC6)ccc5C4)=C3)cn2)cc1. The Kier molecular flexibility index (Phi) is 8.67. The minimum Gasteiger partial charge on any atom is -0.492 e. The summed E-state index contributed by atoms with van der Waals surface area (Å²) in [7, 11) is 0. The maximum atomic E-state index is 13.1. The Morgan fingerprint density at radius 1 is 1.02 bits per heavy atom. The summed E-state index contributed by atoms with van der Waals surface area (Å²) in [5.74, 6) is 0.674. The van der Waals surface area contributed by atoms with Gasteiger partial charge in [-0.05, 0) is 83.8 Å². The second-order valence-electron chi connectivity index (χ2n) is 13.1. The molecular weight excluding hydrogens is 548 g/mol. The number of benzene rings is 2. The van der Waals surface area contributed by atoms with Crippen molar-refractivity contribution in [2.75, 3.05) is 26.2 Å². The highest BCUT2D eigenvalue weighted by Crippen LogP contribution is 2.34. The normalized spacial score (nSPS) is 17.1. The van der Waals surface area contributed by atoms with Crippen molar-refractivity contribution in [3.05, 3.63) is 112 Å². The Morgan fingerprint density at radius 3 is 2.59 bits per heavy atom. The molecule has 1 aromatic heterocycles. The lowest BCUT2D eigenvalue weighted by molar-refractivity contribution is -0.114. The van der Waals surface area contributed by atoms with Gasteiger partial charge in [-0.3, -0.25) is 19.2 Å². The van der Waals surface area contributed by atoms with Crippen LogP contribution in [-0.2, 0) is 23.2 Å². The number of fused-ring (bicyclic) bond motifs is 1. The summed E-state index contributed by atoms with van der Waals surface area (Å²) >= 11 is 0. The highest BCUT2D eigenvalue weighted by atomic mass is 16.5. The minimum atomic E-state index is -0.245. The van der Waals surface area contributed by atoms with Gasteiger partial charge in [0.2, 0.25) is 0 Å². The van der Waals surface area contributed by atoms with Crippen LogP contribution in [0, 0.1) is 0 Å². The number of nitrogens with zero attached hydrogens (tertiary/aromatic N) is 3. The van der Waals surface area contributed by atoms with E-state index in [9.17, 15) is 9.59 Å². The van der Waals surface area contributed by atoms with Crippen molar-refractivity contribution >= 4 is 17.8 Å². The molecule has 1 amide bonds. The predicted molar refractivity (Wildman–Crippen MR) is 174 cm³/mol. The predicted octanol–water partition coefficient (Wildman–Crippen LogP) is 6.25. The molecule has 7 heteroatoms. The summed E-state index contributed by atoms with van der Waals surface area (Å²) < 4.78 is 7.85. The molecule has 1 aliphatic heterocycles. The fourth-order valence-corrected chi connectivity index (χ4v) is 6.08. The van der Waals surface area contributed by atoms with Gasteiger partial charge in [0.15, 0.2) is 5.78 Å². The number of allylic oxidation sites excluding steroid dienone is 4. The summed E-state index contributed by atoms with van der Waals surface area (Å²) in [4.78, 5) is 28.5. The Bertz CT molecular complexity index is 1630. The summed E-state index contributed by atoms with van der Waals surface area (Å²) in [5, 5.41) is 7.38. The van der Waals surface area contributed by atoms with Gasteiger partial charge >= 0.3 is 0 Å². The quantitative estimate of drug-likeness (QED) is 0.319. The van der Waals surface area contributed by atoms with Crippen molar-refractivity contribution in [2.24, 2.45) is 0 Å². The van der Waals surface area contributed by atoms with Gasteiger partial charge in [-0.1, -0.05) is 69.7 Å². The molecule has 44 heavy (non-hydrogen) atoms.